The van der Waals surface area contributed by atoms with Crippen LogP contribution >= 0.6 is 0 Å². The minimum atomic E-state index is -1.94. The molecule has 0 aromatic heterocycles. The van der Waals surface area contributed by atoms with Crippen LogP contribution in [0, 0.1) is 0 Å². The number of carbonyl (C=O) groups is 2. The van der Waals surface area contributed by atoms with E-state index >= 15 is 0 Å². The Balaban J connectivity index is 2.95. The van der Waals surface area contributed by atoms with Gasteiger partial charge in [-0.15, -0.1) is 0 Å². The summed E-state index contributed by atoms with van der Waals surface area (Å²) < 4.78 is 17.2. The summed E-state index contributed by atoms with van der Waals surface area (Å²) in [4.78, 5) is 23.6. The average Bonchev–Trinajstić information content (AvgIpc) is 2.46. The van der Waals surface area contributed by atoms with Crippen LogP contribution in [0.25, 0.3) is 0 Å². The molecule has 1 aliphatic rings. The highest BCUT2D eigenvalue weighted by molar-refractivity contribution is 7.38. The van der Waals surface area contributed by atoms with Crippen LogP contribution in [0.2, 0.25) is 32.2 Å². The second kappa shape index (κ2) is 7.37. The van der Waals surface area contributed by atoms with Crippen molar-refractivity contribution in [1.82, 2.24) is 0 Å². The first-order valence-corrected chi connectivity index (χ1v) is 15.3. The molecule has 0 saturated carbocycles. The number of hydrogen-bond donors (Lipinski definition) is 0. The third-order valence-electron chi connectivity index (χ3n) is 4.94. The smallest absolute Gasteiger partial charge is 0.333 e. The third-order valence-corrected chi connectivity index (χ3v) is 21.5. The maximum Gasteiger partial charge on any atom is 0.333 e. The molecule has 0 N–H and O–H groups in total. The summed E-state index contributed by atoms with van der Waals surface area (Å²) in [6.07, 6.45) is 0.718. The Labute approximate surface area is 147 Å². The van der Waals surface area contributed by atoms with Gasteiger partial charge in [-0.3, -0.25) is 0 Å². The van der Waals surface area contributed by atoms with E-state index in [4.69, 9.17) is 13.9 Å². The molecular weight excluding hydrogens is 340 g/mol. The van der Waals surface area contributed by atoms with Gasteiger partial charge in [0.25, 0.3) is 0 Å². The molecule has 7 heteroatoms. The van der Waals surface area contributed by atoms with Crippen molar-refractivity contribution < 1.29 is 23.5 Å². The summed E-state index contributed by atoms with van der Waals surface area (Å²) in [7, 11) is -3.40. The summed E-state index contributed by atoms with van der Waals surface area (Å²) in [5.41, 5.74) is -0.0914. The van der Waals surface area contributed by atoms with Crippen LogP contribution in [0.5, 0.6) is 0 Å². The van der Waals surface area contributed by atoms with E-state index in [1.54, 1.807) is 13.8 Å². The molecule has 0 amide bonds. The van der Waals surface area contributed by atoms with E-state index in [-0.39, 0.29) is 13.2 Å². The minimum absolute atomic E-state index is 0.0725. The van der Waals surface area contributed by atoms with Crippen molar-refractivity contribution in [1.29, 1.82) is 0 Å². The van der Waals surface area contributed by atoms with Crippen LogP contribution in [0.1, 0.15) is 20.3 Å². The topological polar surface area (TPSA) is 61.8 Å². The van der Waals surface area contributed by atoms with Crippen molar-refractivity contribution in [2.24, 2.45) is 0 Å². The molecule has 136 valence electrons. The summed E-state index contributed by atoms with van der Waals surface area (Å²) in [5, 5.41) is 0. The normalized spacial score (nSPS) is 20.8. The molecule has 1 aliphatic heterocycles. The van der Waals surface area contributed by atoms with Crippen LogP contribution in [0.15, 0.2) is 24.3 Å². The molecule has 0 bridgehead atoms. The van der Waals surface area contributed by atoms with Gasteiger partial charge in [0, 0.05) is 11.1 Å². The van der Waals surface area contributed by atoms with Gasteiger partial charge >= 0.3 is 11.9 Å². The maximum atomic E-state index is 11.8. The van der Waals surface area contributed by atoms with E-state index in [1.807, 2.05) is 0 Å². The Kier molecular flexibility index (Phi) is 6.40. The van der Waals surface area contributed by atoms with Gasteiger partial charge in [-0.05, 0) is 33.4 Å². The monoisotopic (exact) mass is 370 g/mol. The first-order chi connectivity index (χ1) is 10.8. The molecule has 24 heavy (non-hydrogen) atoms. The fourth-order valence-corrected chi connectivity index (χ4v) is 9.38. The van der Waals surface area contributed by atoms with Gasteiger partial charge in [0.05, 0.1) is 7.59 Å². The van der Waals surface area contributed by atoms with Crippen LogP contribution in [-0.2, 0) is 23.5 Å². The number of carbonyl (C=O) groups excluding carboxylic acids is 2. The zero-order valence-electron chi connectivity index (χ0n) is 15.8. The van der Waals surface area contributed by atoms with Crippen molar-refractivity contribution >= 4 is 27.4 Å². The predicted octanol–water partition coefficient (Wildman–Crippen LogP) is 3.38. The van der Waals surface area contributed by atoms with Crippen molar-refractivity contribution in [3.8, 4) is 0 Å². The lowest BCUT2D eigenvalue weighted by molar-refractivity contribution is -0.156. The number of ether oxygens (including phenoxy) is 2. The van der Waals surface area contributed by atoms with Gasteiger partial charge in [0.1, 0.15) is 18.8 Å². The molecule has 0 radical (unpaired) electrons. The number of esters is 2. The van der Waals surface area contributed by atoms with E-state index in [0.717, 1.165) is 12.5 Å². The van der Waals surface area contributed by atoms with Crippen LogP contribution in [0.3, 0.4) is 0 Å². The Hall–Kier alpha value is -1.19. The van der Waals surface area contributed by atoms with Crippen LogP contribution < -0.4 is 0 Å². The van der Waals surface area contributed by atoms with E-state index < -0.39 is 33.0 Å². The van der Waals surface area contributed by atoms with E-state index in [9.17, 15) is 9.59 Å². The SMILES string of the molecule is C=C(C)C(=O)OCC1(COC(=O)C(=C)C)CC[Si](C)(C)[Si](C)(C)O1. The van der Waals surface area contributed by atoms with Crippen molar-refractivity contribution in [3.05, 3.63) is 24.3 Å². The summed E-state index contributed by atoms with van der Waals surface area (Å²) >= 11 is 0. The van der Waals surface area contributed by atoms with Gasteiger partial charge in [0.2, 0.25) is 0 Å². The lowest BCUT2D eigenvalue weighted by Crippen LogP contribution is -2.67. The molecule has 1 fully saturated rings. The summed E-state index contributed by atoms with van der Waals surface area (Å²) in [6.45, 7) is 19.6. The Morgan fingerprint density at radius 1 is 1.00 bits per heavy atom. The number of rotatable bonds is 6. The number of hydrogen-bond acceptors (Lipinski definition) is 5. The van der Waals surface area contributed by atoms with E-state index in [1.165, 1.54) is 0 Å². The predicted molar refractivity (Wildman–Crippen MR) is 99.8 cm³/mol. The lowest BCUT2D eigenvalue weighted by atomic mass is 10.0. The molecule has 1 heterocycles. The first-order valence-electron chi connectivity index (χ1n) is 8.17. The second-order valence-electron chi connectivity index (χ2n) is 7.89. The van der Waals surface area contributed by atoms with Gasteiger partial charge in [-0.25, -0.2) is 9.59 Å². The van der Waals surface area contributed by atoms with E-state index in [0.29, 0.717) is 11.1 Å². The largest absolute Gasteiger partial charge is 0.459 e. The molecule has 0 spiro atoms. The molecule has 0 aromatic carbocycles. The molecule has 1 saturated heterocycles. The highest BCUT2D eigenvalue weighted by Gasteiger charge is 2.54. The fraction of sp³-hybridized carbons (Fsp3) is 0.647. The highest BCUT2D eigenvalue weighted by Crippen LogP contribution is 2.39. The fourth-order valence-electron chi connectivity index (χ4n) is 2.46. The quantitative estimate of drug-likeness (QED) is 0.407. The second-order valence-corrected chi connectivity index (χ2v) is 23.1. The van der Waals surface area contributed by atoms with Gasteiger partial charge in [-0.2, -0.15) is 0 Å². The van der Waals surface area contributed by atoms with Gasteiger partial charge < -0.3 is 13.9 Å². The Morgan fingerprint density at radius 3 is 1.75 bits per heavy atom. The Morgan fingerprint density at radius 2 is 1.42 bits per heavy atom. The van der Waals surface area contributed by atoms with Crippen molar-refractivity contribution in [2.75, 3.05) is 13.2 Å². The Bertz CT molecular complexity index is 521. The maximum absolute atomic E-state index is 11.8. The molecule has 0 atom stereocenters. The lowest BCUT2D eigenvalue weighted by Gasteiger charge is -2.51. The molecule has 1 rings (SSSR count). The van der Waals surface area contributed by atoms with Gasteiger partial charge in [-0.1, -0.05) is 32.3 Å². The zero-order chi connectivity index (χ0) is 18.8. The van der Waals surface area contributed by atoms with Crippen LogP contribution in [-0.4, -0.2) is 46.2 Å². The molecule has 5 nitrogen and oxygen atoms in total. The van der Waals surface area contributed by atoms with Crippen LogP contribution in [0.4, 0.5) is 0 Å². The average molecular weight is 371 g/mol. The molecule has 0 aromatic rings. The summed E-state index contributed by atoms with van der Waals surface area (Å²) in [6, 6.07) is 1.06. The van der Waals surface area contributed by atoms with Crippen molar-refractivity contribution in [3.63, 3.8) is 0 Å². The third kappa shape index (κ3) is 4.91. The van der Waals surface area contributed by atoms with Gasteiger partial charge in [0.15, 0.2) is 7.83 Å². The van der Waals surface area contributed by atoms with E-state index in [2.05, 4.69) is 39.3 Å². The molecule has 0 aliphatic carbocycles. The minimum Gasteiger partial charge on any atom is -0.459 e. The highest BCUT2D eigenvalue weighted by atomic mass is 29.3. The zero-order valence-corrected chi connectivity index (χ0v) is 17.8. The molecular formula is C17H30O5Si2. The first kappa shape index (κ1) is 20.9. The summed E-state index contributed by atoms with van der Waals surface area (Å²) in [5.74, 6) is -0.906. The van der Waals surface area contributed by atoms with Crippen molar-refractivity contribution in [2.45, 2.75) is 58.1 Å². The standard InChI is InChI=1S/C17H30O5Si2/c1-13(2)15(18)20-11-17(12-21-16(19)14(3)4)9-10-23(5,6)24(7,8)22-17/h1,3,9-12H2,2,4-8H3. The molecule has 0 unspecified atom stereocenters.